The van der Waals surface area contributed by atoms with Gasteiger partial charge in [-0.3, -0.25) is 0 Å². The Bertz CT molecular complexity index is 1140. The first-order valence-corrected chi connectivity index (χ1v) is 11.5. The smallest absolute Gasteiger partial charge is 0.243 e. The summed E-state index contributed by atoms with van der Waals surface area (Å²) in [4.78, 5) is 0.349. The van der Waals surface area contributed by atoms with Gasteiger partial charge in [0.25, 0.3) is 0 Å². The fourth-order valence-electron chi connectivity index (χ4n) is 4.42. The number of rotatable bonds is 3. The topological polar surface area (TPSA) is 46.6 Å². The molecule has 3 aromatic rings. The van der Waals surface area contributed by atoms with Gasteiger partial charge in [-0.15, -0.1) is 0 Å². The van der Waals surface area contributed by atoms with Crippen LogP contribution >= 0.6 is 0 Å². The van der Waals surface area contributed by atoms with Crippen LogP contribution in [0.15, 0.2) is 77.7 Å². The molecule has 0 unspecified atom stereocenters. The lowest BCUT2D eigenvalue weighted by atomic mass is 9.90. The summed E-state index contributed by atoms with van der Waals surface area (Å²) in [6, 6.07) is 23.0. The zero-order valence-electron chi connectivity index (χ0n) is 16.1. The SMILES string of the molecule is O=S(=O)(c1ccc2c(c1)CCCO2)N1CCc2ccccc2[C@@H]1c1ccccc1. The van der Waals surface area contributed by atoms with Gasteiger partial charge >= 0.3 is 0 Å². The van der Waals surface area contributed by atoms with Gasteiger partial charge in [-0.25, -0.2) is 8.42 Å². The average molecular weight is 406 g/mol. The molecule has 1 atom stereocenters. The minimum atomic E-state index is -3.66. The van der Waals surface area contributed by atoms with E-state index in [1.54, 1.807) is 22.5 Å². The maximum Gasteiger partial charge on any atom is 0.243 e. The molecule has 29 heavy (non-hydrogen) atoms. The van der Waals surface area contributed by atoms with Crippen LogP contribution in [-0.2, 0) is 22.9 Å². The molecule has 0 bridgehead atoms. The fraction of sp³-hybridized carbons (Fsp3) is 0.250. The van der Waals surface area contributed by atoms with Crippen molar-refractivity contribution in [2.75, 3.05) is 13.2 Å². The van der Waals surface area contributed by atoms with E-state index < -0.39 is 10.0 Å². The van der Waals surface area contributed by atoms with Crippen molar-refractivity contribution in [1.82, 2.24) is 4.31 Å². The molecule has 0 spiro atoms. The van der Waals surface area contributed by atoms with Crippen LogP contribution in [-0.4, -0.2) is 25.9 Å². The van der Waals surface area contributed by atoms with Gasteiger partial charge in [0.15, 0.2) is 0 Å². The zero-order valence-corrected chi connectivity index (χ0v) is 16.9. The second-order valence-corrected chi connectivity index (χ2v) is 9.49. The molecule has 0 amide bonds. The maximum atomic E-state index is 13.8. The van der Waals surface area contributed by atoms with E-state index in [0.29, 0.717) is 24.5 Å². The van der Waals surface area contributed by atoms with Gasteiger partial charge in [0, 0.05) is 6.54 Å². The lowest BCUT2D eigenvalue weighted by Gasteiger charge is -2.37. The number of nitrogens with zero attached hydrogens (tertiary/aromatic N) is 1. The van der Waals surface area contributed by atoms with E-state index in [1.807, 2.05) is 42.5 Å². The lowest BCUT2D eigenvalue weighted by molar-refractivity contribution is 0.288. The molecule has 0 radical (unpaired) electrons. The second kappa shape index (κ2) is 7.32. The Morgan fingerprint density at radius 2 is 1.66 bits per heavy atom. The molecule has 0 N–H and O–H groups in total. The molecule has 148 valence electrons. The molecule has 2 heterocycles. The summed E-state index contributed by atoms with van der Waals surface area (Å²) in [5.74, 6) is 0.804. The molecule has 0 saturated heterocycles. The number of hydrogen-bond donors (Lipinski definition) is 0. The van der Waals surface area contributed by atoms with Gasteiger partial charge in [0.05, 0.1) is 17.5 Å². The minimum absolute atomic E-state index is 0.321. The van der Waals surface area contributed by atoms with Gasteiger partial charge in [0.1, 0.15) is 5.75 Å². The Labute approximate surface area is 171 Å². The molecular weight excluding hydrogens is 382 g/mol. The summed E-state index contributed by atoms with van der Waals surface area (Å²) < 4.78 is 34.8. The molecule has 0 aromatic heterocycles. The standard InChI is InChI=1S/C24H23NO3S/c26-29(27,21-12-13-23-20(17-21)10-6-16-28-23)25-15-14-18-7-4-5-11-22(18)24(25)19-8-2-1-3-9-19/h1-5,7-9,11-13,17,24H,6,10,14-16H2/t24-/m0/s1. The zero-order chi connectivity index (χ0) is 19.8. The summed E-state index contributed by atoms with van der Waals surface area (Å²) >= 11 is 0. The summed E-state index contributed by atoms with van der Waals surface area (Å²) in [5.41, 5.74) is 4.25. The third-order valence-corrected chi connectivity index (χ3v) is 7.70. The monoisotopic (exact) mass is 405 g/mol. The van der Waals surface area contributed by atoms with Crippen molar-refractivity contribution < 1.29 is 13.2 Å². The molecule has 2 aliphatic heterocycles. The molecule has 5 heteroatoms. The largest absolute Gasteiger partial charge is 0.493 e. The van der Waals surface area contributed by atoms with Crippen LogP contribution in [0.3, 0.4) is 0 Å². The van der Waals surface area contributed by atoms with Crippen LogP contribution < -0.4 is 4.74 Å². The van der Waals surface area contributed by atoms with Crippen molar-refractivity contribution in [2.45, 2.75) is 30.2 Å². The maximum absolute atomic E-state index is 13.8. The first kappa shape index (κ1) is 18.4. The van der Waals surface area contributed by atoms with Gasteiger partial charge in [0.2, 0.25) is 10.0 Å². The quantitative estimate of drug-likeness (QED) is 0.651. The van der Waals surface area contributed by atoms with Crippen molar-refractivity contribution in [3.8, 4) is 5.75 Å². The fourth-order valence-corrected chi connectivity index (χ4v) is 6.06. The number of fused-ring (bicyclic) bond motifs is 2. The van der Waals surface area contributed by atoms with E-state index in [1.165, 1.54) is 5.56 Å². The van der Waals surface area contributed by atoms with Crippen molar-refractivity contribution >= 4 is 10.0 Å². The van der Waals surface area contributed by atoms with Gasteiger partial charge in [-0.05, 0) is 59.7 Å². The van der Waals surface area contributed by atoms with Gasteiger partial charge in [-0.2, -0.15) is 4.31 Å². The molecule has 0 aliphatic carbocycles. The van der Waals surface area contributed by atoms with Gasteiger partial charge in [-0.1, -0.05) is 54.6 Å². The molecule has 0 saturated carbocycles. The number of ether oxygens (including phenoxy) is 1. The third kappa shape index (κ3) is 3.24. The van der Waals surface area contributed by atoms with Crippen LogP contribution in [0, 0.1) is 0 Å². The second-order valence-electron chi connectivity index (χ2n) is 7.60. The van der Waals surface area contributed by atoms with Crippen LogP contribution in [0.2, 0.25) is 0 Å². The van der Waals surface area contributed by atoms with E-state index in [4.69, 9.17) is 4.74 Å². The van der Waals surface area contributed by atoms with Crippen LogP contribution in [0.5, 0.6) is 5.75 Å². The Morgan fingerprint density at radius 1 is 0.862 bits per heavy atom. The highest BCUT2D eigenvalue weighted by Crippen LogP contribution is 2.39. The van der Waals surface area contributed by atoms with Crippen molar-refractivity contribution in [3.63, 3.8) is 0 Å². The van der Waals surface area contributed by atoms with E-state index in [9.17, 15) is 8.42 Å². The molecule has 3 aromatic carbocycles. The molecule has 5 rings (SSSR count). The Balaban J connectivity index is 1.62. The predicted octanol–water partition coefficient (Wildman–Crippen LogP) is 4.35. The van der Waals surface area contributed by atoms with Gasteiger partial charge < -0.3 is 4.74 Å². The summed E-state index contributed by atoms with van der Waals surface area (Å²) in [6.07, 6.45) is 2.48. The molecule has 0 fully saturated rings. The molecule has 2 aliphatic rings. The summed E-state index contributed by atoms with van der Waals surface area (Å²) in [7, 11) is -3.66. The Morgan fingerprint density at radius 3 is 2.52 bits per heavy atom. The van der Waals surface area contributed by atoms with Crippen molar-refractivity contribution in [3.05, 3.63) is 95.1 Å². The number of sulfonamides is 1. The van der Waals surface area contributed by atoms with E-state index in [2.05, 4.69) is 12.1 Å². The third-order valence-electron chi connectivity index (χ3n) is 5.84. The predicted molar refractivity (Wildman–Crippen MR) is 113 cm³/mol. The Kier molecular flexibility index (Phi) is 4.64. The molecular formula is C24H23NO3S. The van der Waals surface area contributed by atoms with E-state index >= 15 is 0 Å². The number of aryl methyl sites for hydroxylation is 1. The Hall–Kier alpha value is -2.63. The highest BCUT2D eigenvalue weighted by molar-refractivity contribution is 7.89. The van der Waals surface area contributed by atoms with E-state index in [0.717, 1.165) is 35.3 Å². The normalized spacial score (nSPS) is 19.1. The van der Waals surface area contributed by atoms with Crippen molar-refractivity contribution in [1.29, 1.82) is 0 Å². The van der Waals surface area contributed by atoms with Crippen LogP contribution in [0.4, 0.5) is 0 Å². The highest BCUT2D eigenvalue weighted by Gasteiger charge is 2.37. The van der Waals surface area contributed by atoms with Crippen LogP contribution in [0.25, 0.3) is 0 Å². The first-order chi connectivity index (χ1) is 14.1. The van der Waals surface area contributed by atoms with Crippen LogP contribution in [0.1, 0.15) is 34.7 Å². The average Bonchev–Trinajstić information content (AvgIpc) is 2.78. The highest BCUT2D eigenvalue weighted by atomic mass is 32.2. The molecule has 4 nitrogen and oxygen atoms in total. The first-order valence-electron chi connectivity index (χ1n) is 10.0. The number of hydrogen-bond acceptors (Lipinski definition) is 3. The van der Waals surface area contributed by atoms with Crippen molar-refractivity contribution in [2.24, 2.45) is 0 Å². The summed E-state index contributed by atoms with van der Waals surface area (Å²) in [5, 5.41) is 0. The van der Waals surface area contributed by atoms with E-state index in [-0.39, 0.29) is 6.04 Å². The summed E-state index contributed by atoms with van der Waals surface area (Å²) in [6.45, 7) is 1.16. The number of benzene rings is 3. The minimum Gasteiger partial charge on any atom is -0.493 e. The lowest BCUT2D eigenvalue weighted by Crippen LogP contribution is -2.40.